The first kappa shape index (κ1) is 31.4. The predicted molar refractivity (Wildman–Crippen MR) is 162 cm³/mol. The highest BCUT2D eigenvalue weighted by molar-refractivity contribution is 9.10. The maximum atomic E-state index is 13.7. The van der Waals surface area contributed by atoms with Crippen LogP contribution in [0.5, 0.6) is 5.75 Å². The monoisotopic (exact) mass is 652 g/mol. The van der Waals surface area contributed by atoms with E-state index in [2.05, 4.69) is 33.1 Å². The number of amides is 3. The van der Waals surface area contributed by atoms with E-state index < -0.39 is 11.4 Å². The Kier molecular flexibility index (Phi) is 10.1. The van der Waals surface area contributed by atoms with E-state index in [4.69, 9.17) is 21.1 Å². The van der Waals surface area contributed by atoms with Gasteiger partial charge in [0.15, 0.2) is 0 Å². The van der Waals surface area contributed by atoms with Gasteiger partial charge in [-0.15, -0.1) is 0 Å². The van der Waals surface area contributed by atoms with Crippen molar-refractivity contribution in [2.45, 2.75) is 71.2 Å². The van der Waals surface area contributed by atoms with Crippen LogP contribution in [0.4, 0.5) is 19.7 Å². The van der Waals surface area contributed by atoms with E-state index in [1.807, 2.05) is 45.9 Å². The highest BCUT2D eigenvalue weighted by atomic mass is 79.9. The first-order valence-corrected chi connectivity index (χ1v) is 15.2. The van der Waals surface area contributed by atoms with Crippen molar-refractivity contribution in [3.8, 4) is 5.75 Å². The van der Waals surface area contributed by atoms with Crippen molar-refractivity contribution in [1.82, 2.24) is 14.7 Å². The number of hydrogen-bond acceptors (Lipinski definition) is 5. The zero-order chi connectivity index (χ0) is 29.9. The zero-order valence-electron chi connectivity index (χ0n) is 24.3. The Labute approximate surface area is 255 Å². The lowest BCUT2D eigenvalue weighted by Gasteiger charge is -2.44. The van der Waals surface area contributed by atoms with E-state index in [-0.39, 0.29) is 35.3 Å². The first-order valence-electron chi connectivity index (χ1n) is 14.0. The summed E-state index contributed by atoms with van der Waals surface area (Å²) in [6.07, 6.45) is 1.08. The Morgan fingerprint density at radius 2 is 1.93 bits per heavy atom. The van der Waals surface area contributed by atoms with Gasteiger partial charge in [0.1, 0.15) is 23.8 Å². The summed E-state index contributed by atoms with van der Waals surface area (Å²) in [5, 5.41) is 2.83. The van der Waals surface area contributed by atoms with Gasteiger partial charge in [-0.05, 0) is 89.4 Å². The van der Waals surface area contributed by atoms with Crippen LogP contribution in [0.25, 0.3) is 0 Å². The van der Waals surface area contributed by atoms with Crippen molar-refractivity contribution >= 4 is 45.3 Å². The summed E-state index contributed by atoms with van der Waals surface area (Å²) in [6.45, 7) is 12.7. The van der Waals surface area contributed by atoms with Crippen LogP contribution in [0.1, 0.15) is 46.6 Å². The Hall–Kier alpha value is -2.56. The fourth-order valence-corrected chi connectivity index (χ4v) is 5.88. The molecule has 11 heteroatoms. The molecular weight excluding hydrogens is 615 g/mol. The number of rotatable bonds is 6. The number of nitrogens with one attached hydrogen (secondary N) is 1. The summed E-state index contributed by atoms with van der Waals surface area (Å²) in [4.78, 5) is 32.2. The molecule has 41 heavy (non-hydrogen) atoms. The predicted octanol–water partition coefficient (Wildman–Crippen LogP) is 6.80. The number of fused-ring (bicyclic) bond motifs is 1. The molecule has 0 spiro atoms. The Bertz CT molecular complexity index is 1260. The molecule has 3 atom stereocenters. The first-order chi connectivity index (χ1) is 19.3. The van der Waals surface area contributed by atoms with Gasteiger partial charge >= 0.3 is 12.1 Å². The number of carbonyl (C=O) groups excluding carboxylic acids is 2. The van der Waals surface area contributed by atoms with Crippen LogP contribution in [0.15, 0.2) is 40.9 Å². The minimum Gasteiger partial charge on any atom is -0.491 e. The molecule has 0 aliphatic carbocycles. The Balaban J connectivity index is 1.42. The molecule has 0 aromatic heterocycles. The lowest BCUT2D eigenvalue weighted by molar-refractivity contribution is -0.0107. The van der Waals surface area contributed by atoms with E-state index in [1.165, 1.54) is 18.2 Å². The van der Waals surface area contributed by atoms with Crippen LogP contribution in [0.3, 0.4) is 0 Å². The van der Waals surface area contributed by atoms with Crippen LogP contribution >= 0.6 is 27.5 Å². The van der Waals surface area contributed by atoms with Crippen LogP contribution in [0.2, 0.25) is 5.02 Å². The summed E-state index contributed by atoms with van der Waals surface area (Å²) in [7, 11) is 0. The summed E-state index contributed by atoms with van der Waals surface area (Å²) in [5.74, 6) is 0.278. The summed E-state index contributed by atoms with van der Waals surface area (Å²) in [6, 6.07) is 9.69. The SMILES string of the molecule is CC1CN(C(=O)OC(C)(C)C)[C@@H](C)CN1CCCN(C(=O)Nc1ccc(F)c(Cl)c1)C1COc2ccc(Br)cc2C1. The van der Waals surface area contributed by atoms with E-state index in [0.717, 1.165) is 28.8 Å². The van der Waals surface area contributed by atoms with Crippen LogP contribution in [-0.4, -0.2) is 83.3 Å². The van der Waals surface area contributed by atoms with E-state index in [1.54, 1.807) is 9.80 Å². The Morgan fingerprint density at radius 3 is 2.63 bits per heavy atom. The summed E-state index contributed by atoms with van der Waals surface area (Å²) < 4.78 is 26.3. The third kappa shape index (κ3) is 8.26. The van der Waals surface area contributed by atoms with Gasteiger partial charge in [0.25, 0.3) is 0 Å². The zero-order valence-corrected chi connectivity index (χ0v) is 26.6. The number of carbonyl (C=O) groups is 2. The molecule has 2 unspecified atom stereocenters. The summed E-state index contributed by atoms with van der Waals surface area (Å²) >= 11 is 9.48. The lowest BCUT2D eigenvalue weighted by Crippen LogP contribution is -2.59. The smallest absolute Gasteiger partial charge is 0.410 e. The van der Waals surface area contributed by atoms with Gasteiger partial charge < -0.3 is 24.6 Å². The number of halogens is 3. The van der Waals surface area contributed by atoms with Crippen molar-refractivity contribution in [1.29, 1.82) is 0 Å². The van der Waals surface area contributed by atoms with Gasteiger partial charge in [0.05, 0.1) is 11.1 Å². The molecule has 3 amide bonds. The average Bonchev–Trinajstić information content (AvgIpc) is 2.88. The number of piperazine rings is 1. The molecule has 1 saturated heterocycles. The number of nitrogens with zero attached hydrogens (tertiary/aromatic N) is 3. The molecule has 8 nitrogen and oxygen atoms in total. The molecular formula is C30H39BrClFN4O4. The van der Waals surface area contributed by atoms with Crippen LogP contribution in [-0.2, 0) is 11.2 Å². The van der Waals surface area contributed by atoms with Gasteiger partial charge in [-0.2, -0.15) is 0 Å². The molecule has 2 aliphatic rings. The topological polar surface area (TPSA) is 74.4 Å². The molecule has 2 heterocycles. The maximum Gasteiger partial charge on any atom is 0.410 e. The second-order valence-electron chi connectivity index (χ2n) is 11.9. The third-order valence-corrected chi connectivity index (χ3v) is 8.15. The summed E-state index contributed by atoms with van der Waals surface area (Å²) in [5.41, 5.74) is 0.908. The minimum absolute atomic E-state index is 0.00497. The fourth-order valence-electron chi connectivity index (χ4n) is 5.30. The molecule has 2 aliphatic heterocycles. The molecule has 1 N–H and O–H groups in total. The normalized spacial score (nSPS) is 21.1. The second-order valence-corrected chi connectivity index (χ2v) is 13.2. The van der Waals surface area contributed by atoms with Crippen molar-refractivity contribution in [3.05, 3.63) is 57.3 Å². The molecule has 0 radical (unpaired) electrons. The van der Waals surface area contributed by atoms with Gasteiger partial charge in [-0.1, -0.05) is 27.5 Å². The quantitative estimate of drug-likeness (QED) is 0.371. The largest absolute Gasteiger partial charge is 0.491 e. The van der Waals surface area contributed by atoms with Gasteiger partial charge in [0.2, 0.25) is 0 Å². The highest BCUT2D eigenvalue weighted by Gasteiger charge is 2.35. The standard InChI is InChI=1S/C30H39BrClFN4O4/c1-19-17-37(29(39)41-30(3,4)5)20(2)16-35(19)11-6-12-36(28(38)34-23-8-9-26(33)25(32)15-23)24-14-21-13-22(31)7-10-27(21)40-18-24/h7-10,13,15,19-20,24H,6,11-12,14,16-18H2,1-5H3,(H,34,38)/t19?,20-,24?/m0/s1. The average molecular weight is 654 g/mol. The number of urea groups is 1. The number of anilines is 1. The molecule has 1 fully saturated rings. The van der Waals surface area contributed by atoms with E-state index in [9.17, 15) is 14.0 Å². The van der Waals surface area contributed by atoms with Crippen molar-refractivity contribution in [3.63, 3.8) is 0 Å². The van der Waals surface area contributed by atoms with Crippen molar-refractivity contribution in [2.75, 3.05) is 38.1 Å². The number of benzene rings is 2. The van der Waals surface area contributed by atoms with E-state index >= 15 is 0 Å². The molecule has 2 aromatic rings. The van der Waals surface area contributed by atoms with Gasteiger partial charge in [0, 0.05) is 48.4 Å². The lowest BCUT2D eigenvalue weighted by atomic mass is 10.0. The highest BCUT2D eigenvalue weighted by Crippen LogP contribution is 2.30. The van der Waals surface area contributed by atoms with Crippen LogP contribution < -0.4 is 10.1 Å². The maximum absolute atomic E-state index is 13.7. The Morgan fingerprint density at radius 1 is 1.17 bits per heavy atom. The molecule has 4 rings (SSSR count). The van der Waals surface area contributed by atoms with Gasteiger partial charge in [-0.25, -0.2) is 14.0 Å². The molecule has 0 bridgehead atoms. The second kappa shape index (κ2) is 13.2. The molecule has 2 aromatic carbocycles. The third-order valence-electron chi connectivity index (χ3n) is 7.37. The van der Waals surface area contributed by atoms with Crippen molar-refractivity contribution < 1.29 is 23.5 Å². The van der Waals surface area contributed by atoms with Crippen LogP contribution in [0, 0.1) is 5.82 Å². The minimum atomic E-state index is -0.542. The fraction of sp³-hybridized carbons (Fsp3) is 0.533. The van der Waals surface area contributed by atoms with Gasteiger partial charge in [-0.3, -0.25) is 4.90 Å². The van der Waals surface area contributed by atoms with E-state index in [0.29, 0.717) is 38.3 Å². The molecule has 0 saturated carbocycles. The number of hydrogen-bond donors (Lipinski definition) is 1. The van der Waals surface area contributed by atoms with Crippen molar-refractivity contribution in [2.24, 2.45) is 0 Å². The number of ether oxygens (including phenoxy) is 2. The molecule has 224 valence electrons.